The second-order valence-electron chi connectivity index (χ2n) is 5.62. The van der Waals surface area contributed by atoms with Crippen LogP contribution >= 0.6 is 0 Å². The van der Waals surface area contributed by atoms with Crippen LogP contribution in [0.4, 0.5) is 0 Å². The van der Waals surface area contributed by atoms with Crippen LogP contribution in [0.1, 0.15) is 39.6 Å². The predicted molar refractivity (Wildman–Crippen MR) is 85.1 cm³/mol. The van der Waals surface area contributed by atoms with Crippen LogP contribution in [0.2, 0.25) is 0 Å². The molecule has 106 valence electrons. The number of pyridine rings is 1. The molecular weight excluding hydrogens is 244 g/mol. The minimum Gasteiger partial charge on any atom is -0.313 e. The molecule has 0 aliphatic carbocycles. The van der Waals surface area contributed by atoms with Gasteiger partial charge in [-0.1, -0.05) is 23.8 Å². The first-order chi connectivity index (χ1) is 9.52. The Morgan fingerprint density at radius 1 is 1.05 bits per heavy atom. The molecule has 0 fully saturated rings. The van der Waals surface area contributed by atoms with Crippen LogP contribution in [0.15, 0.2) is 30.5 Å². The average molecular weight is 268 g/mol. The Morgan fingerprint density at radius 3 is 2.25 bits per heavy atom. The summed E-state index contributed by atoms with van der Waals surface area (Å²) < 4.78 is 0. The van der Waals surface area contributed by atoms with Crippen molar-refractivity contribution < 1.29 is 0 Å². The van der Waals surface area contributed by atoms with Crippen molar-refractivity contribution in [1.29, 1.82) is 0 Å². The SMILES string of the molecule is CNC(Cc1ncccc1C)c1c(C)cc(C)cc1C. The van der Waals surface area contributed by atoms with Gasteiger partial charge in [0.05, 0.1) is 0 Å². The summed E-state index contributed by atoms with van der Waals surface area (Å²) in [5.41, 5.74) is 7.88. The number of aryl methyl sites for hydroxylation is 4. The standard InChI is InChI=1S/C18H24N2/c1-12-9-14(3)18(15(4)10-12)17(19-5)11-16-13(2)7-6-8-20-16/h6-10,17,19H,11H2,1-5H3. The molecule has 0 aliphatic rings. The number of benzene rings is 1. The highest BCUT2D eigenvalue weighted by atomic mass is 14.9. The Labute approximate surface area is 122 Å². The van der Waals surface area contributed by atoms with Crippen LogP contribution < -0.4 is 5.32 Å². The second kappa shape index (κ2) is 6.19. The van der Waals surface area contributed by atoms with Gasteiger partial charge in [0, 0.05) is 24.4 Å². The Morgan fingerprint density at radius 2 is 1.70 bits per heavy atom. The van der Waals surface area contributed by atoms with Crippen LogP contribution in [0.25, 0.3) is 0 Å². The molecular formula is C18H24N2. The number of hydrogen-bond donors (Lipinski definition) is 1. The summed E-state index contributed by atoms with van der Waals surface area (Å²) in [7, 11) is 2.03. The van der Waals surface area contributed by atoms with Gasteiger partial charge >= 0.3 is 0 Å². The van der Waals surface area contributed by atoms with Crippen molar-refractivity contribution in [3.8, 4) is 0 Å². The minimum atomic E-state index is 0.309. The minimum absolute atomic E-state index is 0.309. The second-order valence-corrected chi connectivity index (χ2v) is 5.62. The first kappa shape index (κ1) is 14.7. The Balaban J connectivity index is 2.37. The van der Waals surface area contributed by atoms with E-state index in [1.165, 1.54) is 33.5 Å². The average Bonchev–Trinajstić information content (AvgIpc) is 2.38. The van der Waals surface area contributed by atoms with E-state index < -0.39 is 0 Å². The lowest BCUT2D eigenvalue weighted by Crippen LogP contribution is -2.22. The maximum atomic E-state index is 4.53. The number of nitrogens with zero attached hydrogens (tertiary/aromatic N) is 1. The van der Waals surface area contributed by atoms with E-state index in [1.807, 2.05) is 19.3 Å². The van der Waals surface area contributed by atoms with E-state index in [-0.39, 0.29) is 0 Å². The van der Waals surface area contributed by atoms with Crippen molar-refractivity contribution in [3.05, 3.63) is 64.0 Å². The number of aromatic nitrogens is 1. The lowest BCUT2D eigenvalue weighted by Gasteiger charge is -2.22. The fraction of sp³-hybridized carbons (Fsp3) is 0.389. The van der Waals surface area contributed by atoms with E-state index in [0.29, 0.717) is 6.04 Å². The smallest absolute Gasteiger partial charge is 0.0451 e. The molecule has 0 bridgehead atoms. The van der Waals surface area contributed by atoms with Crippen molar-refractivity contribution in [2.75, 3.05) is 7.05 Å². The molecule has 1 N–H and O–H groups in total. The number of hydrogen-bond acceptors (Lipinski definition) is 2. The van der Waals surface area contributed by atoms with Crippen molar-refractivity contribution in [3.63, 3.8) is 0 Å². The third-order valence-corrected chi connectivity index (χ3v) is 3.95. The van der Waals surface area contributed by atoms with Crippen molar-refractivity contribution in [2.45, 2.75) is 40.2 Å². The Kier molecular flexibility index (Phi) is 4.56. The summed E-state index contributed by atoms with van der Waals surface area (Å²) in [6, 6.07) is 8.96. The maximum Gasteiger partial charge on any atom is 0.0451 e. The molecule has 0 saturated heterocycles. The molecule has 1 atom stereocenters. The molecule has 0 saturated carbocycles. The lowest BCUT2D eigenvalue weighted by atomic mass is 9.91. The number of rotatable bonds is 4. The number of likely N-dealkylation sites (N-methyl/N-ethyl adjacent to an activating group) is 1. The van der Waals surface area contributed by atoms with Crippen LogP contribution in [-0.4, -0.2) is 12.0 Å². The third-order valence-electron chi connectivity index (χ3n) is 3.95. The van der Waals surface area contributed by atoms with E-state index in [1.54, 1.807) is 0 Å². The van der Waals surface area contributed by atoms with Crippen molar-refractivity contribution in [2.24, 2.45) is 0 Å². The van der Waals surface area contributed by atoms with Crippen LogP contribution in [0, 0.1) is 27.7 Å². The topological polar surface area (TPSA) is 24.9 Å². The third kappa shape index (κ3) is 3.07. The summed E-state index contributed by atoms with van der Waals surface area (Å²) in [5.74, 6) is 0. The lowest BCUT2D eigenvalue weighted by molar-refractivity contribution is 0.576. The molecule has 0 spiro atoms. The molecule has 0 aliphatic heterocycles. The van der Waals surface area contributed by atoms with Gasteiger partial charge < -0.3 is 5.32 Å². The van der Waals surface area contributed by atoms with E-state index in [0.717, 1.165) is 6.42 Å². The van der Waals surface area contributed by atoms with Gasteiger partial charge in [-0.25, -0.2) is 0 Å². The van der Waals surface area contributed by atoms with E-state index >= 15 is 0 Å². The highest BCUT2D eigenvalue weighted by Gasteiger charge is 2.16. The highest BCUT2D eigenvalue weighted by Crippen LogP contribution is 2.26. The Hall–Kier alpha value is -1.67. The van der Waals surface area contributed by atoms with Gasteiger partial charge in [-0.15, -0.1) is 0 Å². The zero-order chi connectivity index (χ0) is 14.7. The van der Waals surface area contributed by atoms with Gasteiger partial charge in [0.2, 0.25) is 0 Å². The van der Waals surface area contributed by atoms with Gasteiger partial charge in [0.1, 0.15) is 0 Å². The van der Waals surface area contributed by atoms with Crippen LogP contribution in [-0.2, 0) is 6.42 Å². The van der Waals surface area contributed by atoms with E-state index in [9.17, 15) is 0 Å². The maximum absolute atomic E-state index is 4.53. The molecule has 20 heavy (non-hydrogen) atoms. The monoisotopic (exact) mass is 268 g/mol. The summed E-state index contributed by atoms with van der Waals surface area (Å²) in [5, 5.41) is 3.46. The molecule has 2 heteroatoms. The molecule has 1 aromatic heterocycles. The number of nitrogens with one attached hydrogen (secondary N) is 1. The fourth-order valence-corrected chi connectivity index (χ4v) is 3.01. The van der Waals surface area contributed by atoms with Gasteiger partial charge in [-0.2, -0.15) is 0 Å². The quantitative estimate of drug-likeness (QED) is 0.912. The first-order valence-electron chi connectivity index (χ1n) is 7.18. The van der Waals surface area contributed by atoms with Crippen molar-refractivity contribution >= 4 is 0 Å². The molecule has 1 aromatic carbocycles. The van der Waals surface area contributed by atoms with E-state index in [2.05, 4.69) is 56.2 Å². The molecule has 2 nitrogen and oxygen atoms in total. The van der Waals surface area contributed by atoms with E-state index in [4.69, 9.17) is 0 Å². The van der Waals surface area contributed by atoms with Crippen molar-refractivity contribution in [1.82, 2.24) is 10.3 Å². The van der Waals surface area contributed by atoms with Crippen LogP contribution in [0.5, 0.6) is 0 Å². The fourth-order valence-electron chi connectivity index (χ4n) is 3.01. The largest absolute Gasteiger partial charge is 0.313 e. The zero-order valence-corrected chi connectivity index (χ0v) is 13.1. The highest BCUT2D eigenvalue weighted by molar-refractivity contribution is 5.40. The van der Waals surface area contributed by atoms with Gasteiger partial charge in [0.15, 0.2) is 0 Å². The molecule has 0 amide bonds. The first-order valence-corrected chi connectivity index (χ1v) is 7.18. The van der Waals surface area contributed by atoms with Gasteiger partial charge in [0.25, 0.3) is 0 Å². The predicted octanol–water partition coefficient (Wildman–Crippen LogP) is 3.82. The summed E-state index contributed by atoms with van der Waals surface area (Å²) in [6.07, 6.45) is 2.80. The Bertz CT molecular complexity index is 579. The summed E-state index contributed by atoms with van der Waals surface area (Å²) in [4.78, 5) is 4.53. The van der Waals surface area contributed by atoms with Gasteiger partial charge in [-0.05, 0) is 63.1 Å². The molecule has 1 unspecified atom stereocenters. The summed E-state index contributed by atoms with van der Waals surface area (Å²) in [6.45, 7) is 8.68. The summed E-state index contributed by atoms with van der Waals surface area (Å²) >= 11 is 0. The molecule has 2 rings (SSSR count). The zero-order valence-electron chi connectivity index (χ0n) is 13.1. The molecule has 2 aromatic rings. The normalized spacial score (nSPS) is 12.4. The van der Waals surface area contributed by atoms with Gasteiger partial charge in [-0.3, -0.25) is 4.98 Å². The molecule has 0 radical (unpaired) electrons. The molecule has 1 heterocycles. The van der Waals surface area contributed by atoms with Crippen LogP contribution in [0.3, 0.4) is 0 Å².